The quantitative estimate of drug-likeness (QED) is 0.651. The molecule has 0 aliphatic rings. The largest absolute Gasteiger partial charge is 0.388 e. The molecule has 0 spiro atoms. The number of Topliss-reactive ketones (excluding diaryl/α,β-unsaturated/α-hetero) is 1. The summed E-state index contributed by atoms with van der Waals surface area (Å²) in [7, 11) is 1.81. The Bertz CT molecular complexity index is 268. The molecule has 1 N–H and O–H groups in total. The number of ketones is 1. The molecule has 0 atom stereocenters. The summed E-state index contributed by atoms with van der Waals surface area (Å²) in [5.74, 6) is 0.0925. The molecule has 0 fully saturated rings. The van der Waals surface area contributed by atoms with Gasteiger partial charge < -0.3 is 5.32 Å². The molecule has 0 unspecified atom stereocenters. The summed E-state index contributed by atoms with van der Waals surface area (Å²) in [4.78, 5) is 11.0. The highest BCUT2D eigenvalue weighted by Crippen LogP contribution is 2.13. The average molecular weight is 149 g/mol. The Morgan fingerprint density at radius 2 is 2.00 bits per heavy atom. The fourth-order valence-corrected chi connectivity index (χ4v) is 1.01. The van der Waals surface area contributed by atoms with Crippen molar-refractivity contribution in [1.29, 1.82) is 0 Å². The molecule has 0 aromatic heterocycles. The number of hydrogen-bond acceptors (Lipinski definition) is 2. The molecule has 0 aliphatic heterocycles. The van der Waals surface area contributed by atoms with Crippen LogP contribution < -0.4 is 5.32 Å². The van der Waals surface area contributed by atoms with Gasteiger partial charge in [0, 0.05) is 18.3 Å². The van der Waals surface area contributed by atoms with Gasteiger partial charge in [0.1, 0.15) is 0 Å². The maximum Gasteiger partial charge on any atom is 0.161 e. The van der Waals surface area contributed by atoms with Crippen LogP contribution in [0.5, 0.6) is 0 Å². The Morgan fingerprint density at radius 1 is 1.36 bits per heavy atom. The monoisotopic (exact) mass is 149 g/mol. The molecule has 0 bridgehead atoms. The summed E-state index contributed by atoms with van der Waals surface area (Å²) in [6.45, 7) is 1.57. The van der Waals surface area contributed by atoms with E-state index in [1.165, 1.54) is 0 Å². The van der Waals surface area contributed by atoms with Gasteiger partial charge in [-0.15, -0.1) is 0 Å². The van der Waals surface area contributed by atoms with Crippen molar-refractivity contribution in [3.05, 3.63) is 29.8 Å². The maximum absolute atomic E-state index is 11.0. The summed E-state index contributed by atoms with van der Waals surface area (Å²) in [6, 6.07) is 7.46. The number of anilines is 1. The van der Waals surface area contributed by atoms with Crippen molar-refractivity contribution in [1.82, 2.24) is 0 Å². The smallest absolute Gasteiger partial charge is 0.161 e. The number of para-hydroxylation sites is 1. The molecule has 11 heavy (non-hydrogen) atoms. The molecule has 0 aliphatic carbocycles. The topological polar surface area (TPSA) is 29.1 Å². The summed E-state index contributed by atoms with van der Waals surface area (Å²) in [5.41, 5.74) is 1.63. The zero-order chi connectivity index (χ0) is 8.27. The van der Waals surface area contributed by atoms with Crippen LogP contribution in [0.1, 0.15) is 17.3 Å². The molecule has 58 valence electrons. The molecule has 1 aromatic carbocycles. The molecule has 0 radical (unpaired) electrons. The molecular weight excluding hydrogens is 138 g/mol. The summed E-state index contributed by atoms with van der Waals surface area (Å²) in [6.07, 6.45) is 0. The van der Waals surface area contributed by atoms with Gasteiger partial charge in [-0.05, 0) is 19.1 Å². The van der Waals surface area contributed by atoms with E-state index < -0.39 is 0 Å². The van der Waals surface area contributed by atoms with Crippen molar-refractivity contribution >= 4 is 11.5 Å². The van der Waals surface area contributed by atoms with E-state index in [1.807, 2.05) is 31.3 Å². The second-order valence-electron chi connectivity index (χ2n) is 2.35. The van der Waals surface area contributed by atoms with Crippen LogP contribution in [0.2, 0.25) is 0 Å². The zero-order valence-electron chi connectivity index (χ0n) is 6.72. The first-order chi connectivity index (χ1) is 5.25. The van der Waals surface area contributed by atoms with Gasteiger partial charge in [-0.2, -0.15) is 0 Å². The Morgan fingerprint density at radius 3 is 2.45 bits per heavy atom. The molecular formula is C9H11NO. The normalized spacial score (nSPS) is 9.27. The van der Waals surface area contributed by atoms with Crippen LogP contribution >= 0.6 is 0 Å². The van der Waals surface area contributed by atoms with Gasteiger partial charge in [-0.1, -0.05) is 12.1 Å². The van der Waals surface area contributed by atoms with Gasteiger partial charge in [0.25, 0.3) is 0 Å². The van der Waals surface area contributed by atoms with Crippen molar-refractivity contribution in [3.63, 3.8) is 0 Å². The fraction of sp³-hybridized carbons (Fsp3) is 0.222. The van der Waals surface area contributed by atoms with Crippen LogP contribution in [-0.2, 0) is 0 Å². The van der Waals surface area contributed by atoms with Crippen LogP contribution in [0, 0.1) is 0 Å². The first-order valence-corrected chi connectivity index (χ1v) is 3.53. The van der Waals surface area contributed by atoms with E-state index >= 15 is 0 Å². The van der Waals surface area contributed by atoms with Gasteiger partial charge in [0.05, 0.1) is 0 Å². The van der Waals surface area contributed by atoms with E-state index in [1.54, 1.807) is 6.92 Å². The molecule has 0 saturated heterocycles. The Kier molecular flexibility index (Phi) is 2.26. The van der Waals surface area contributed by atoms with E-state index in [9.17, 15) is 4.79 Å². The Balaban J connectivity index is 3.12. The first kappa shape index (κ1) is 7.79. The number of rotatable bonds is 2. The van der Waals surface area contributed by atoms with Gasteiger partial charge in [-0.3, -0.25) is 4.79 Å². The standard InChI is InChI=1S/C9H11NO/c1-7(11)8-5-3-4-6-9(8)10-2/h3-6,10H,1-2H3. The Labute approximate surface area is 66.2 Å². The second-order valence-corrected chi connectivity index (χ2v) is 2.35. The maximum atomic E-state index is 11.0. The van der Waals surface area contributed by atoms with Crippen LogP contribution in [0.15, 0.2) is 24.3 Å². The predicted molar refractivity (Wildman–Crippen MR) is 46.0 cm³/mol. The van der Waals surface area contributed by atoms with Crippen molar-refractivity contribution in [2.75, 3.05) is 12.4 Å². The van der Waals surface area contributed by atoms with Crippen molar-refractivity contribution in [2.24, 2.45) is 0 Å². The third-order valence-corrected chi connectivity index (χ3v) is 1.58. The number of nitrogens with one attached hydrogen (secondary N) is 1. The minimum absolute atomic E-state index is 0.0925. The van der Waals surface area contributed by atoms with Crippen LogP contribution in [0.4, 0.5) is 5.69 Å². The summed E-state index contributed by atoms with van der Waals surface area (Å²) >= 11 is 0. The highest BCUT2D eigenvalue weighted by molar-refractivity contribution is 5.99. The molecule has 0 saturated carbocycles. The predicted octanol–water partition coefficient (Wildman–Crippen LogP) is 1.93. The van der Waals surface area contributed by atoms with E-state index in [-0.39, 0.29) is 5.78 Å². The van der Waals surface area contributed by atoms with Crippen molar-refractivity contribution < 1.29 is 4.79 Å². The molecule has 1 aromatic rings. The highest BCUT2D eigenvalue weighted by Gasteiger charge is 2.02. The third kappa shape index (κ3) is 1.58. The molecule has 0 heterocycles. The molecule has 1 rings (SSSR count). The molecule has 2 nitrogen and oxygen atoms in total. The van der Waals surface area contributed by atoms with E-state index in [4.69, 9.17) is 0 Å². The minimum Gasteiger partial charge on any atom is -0.388 e. The van der Waals surface area contributed by atoms with E-state index in [2.05, 4.69) is 5.32 Å². The van der Waals surface area contributed by atoms with E-state index in [0.717, 1.165) is 11.3 Å². The lowest BCUT2D eigenvalue weighted by molar-refractivity contribution is 0.101. The fourth-order valence-electron chi connectivity index (χ4n) is 1.01. The molecule has 0 amide bonds. The Hall–Kier alpha value is -1.31. The van der Waals surface area contributed by atoms with Crippen LogP contribution in [-0.4, -0.2) is 12.8 Å². The van der Waals surface area contributed by atoms with Crippen LogP contribution in [0.3, 0.4) is 0 Å². The lowest BCUT2D eigenvalue weighted by Crippen LogP contribution is -1.98. The third-order valence-electron chi connectivity index (χ3n) is 1.58. The number of hydrogen-bond donors (Lipinski definition) is 1. The lowest BCUT2D eigenvalue weighted by atomic mass is 10.1. The van der Waals surface area contributed by atoms with Gasteiger partial charge in [0.2, 0.25) is 0 Å². The van der Waals surface area contributed by atoms with Gasteiger partial charge in [-0.25, -0.2) is 0 Å². The summed E-state index contributed by atoms with van der Waals surface area (Å²) < 4.78 is 0. The first-order valence-electron chi connectivity index (χ1n) is 3.53. The number of carbonyl (C=O) groups is 1. The molecule has 2 heteroatoms. The number of carbonyl (C=O) groups excluding carboxylic acids is 1. The minimum atomic E-state index is 0.0925. The lowest BCUT2D eigenvalue weighted by Gasteiger charge is -2.03. The van der Waals surface area contributed by atoms with E-state index in [0.29, 0.717) is 0 Å². The average Bonchev–Trinajstić information content (AvgIpc) is 2.04. The summed E-state index contributed by atoms with van der Waals surface area (Å²) in [5, 5.41) is 2.96. The van der Waals surface area contributed by atoms with Gasteiger partial charge in [0.15, 0.2) is 5.78 Å². The van der Waals surface area contributed by atoms with Crippen LogP contribution in [0.25, 0.3) is 0 Å². The second kappa shape index (κ2) is 3.19. The number of benzene rings is 1. The van der Waals surface area contributed by atoms with Crippen molar-refractivity contribution in [3.8, 4) is 0 Å². The zero-order valence-corrected chi connectivity index (χ0v) is 6.72. The highest BCUT2D eigenvalue weighted by atomic mass is 16.1. The van der Waals surface area contributed by atoms with Gasteiger partial charge >= 0.3 is 0 Å². The SMILES string of the molecule is CNc1ccccc1C(C)=O. The van der Waals surface area contributed by atoms with Crippen molar-refractivity contribution in [2.45, 2.75) is 6.92 Å².